The molecule has 0 saturated carbocycles. The van der Waals surface area contributed by atoms with Gasteiger partial charge in [-0.3, -0.25) is 9.47 Å². The van der Waals surface area contributed by atoms with Crippen LogP contribution in [0.3, 0.4) is 0 Å². The standard InChI is InChI=1S/C23H23F3N6O2/c1-14-9-30(10-15(2)34-14)11-17-7-19-20(27-8-17)31(22(33)32-21(19)28-13-29-32)12-16-3-5-18(6-4-16)23(24,25)26/h3-8,13-15H,9-12H2,1-2H3/t14-,15+. The van der Waals surface area contributed by atoms with Crippen molar-refractivity contribution in [3.63, 3.8) is 0 Å². The molecule has 5 rings (SSSR count). The molecule has 2 atom stereocenters. The molecule has 4 heterocycles. The van der Waals surface area contributed by atoms with Gasteiger partial charge in [0.2, 0.25) is 0 Å². The van der Waals surface area contributed by atoms with Gasteiger partial charge in [0, 0.05) is 25.8 Å². The zero-order valence-electron chi connectivity index (χ0n) is 18.7. The van der Waals surface area contributed by atoms with Crippen molar-refractivity contribution in [2.24, 2.45) is 0 Å². The number of hydrogen-bond acceptors (Lipinski definition) is 6. The number of ether oxygens (including phenoxy) is 1. The number of pyridine rings is 1. The van der Waals surface area contributed by atoms with E-state index in [2.05, 4.69) is 20.0 Å². The molecule has 0 unspecified atom stereocenters. The van der Waals surface area contributed by atoms with Crippen LogP contribution in [-0.4, -0.2) is 54.3 Å². The number of nitrogens with zero attached hydrogens (tertiary/aromatic N) is 6. The van der Waals surface area contributed by atoms with Crippen molar-refractivity contribution < 1.29 is 17.9 Å². The molecule has 1 fully saturated rings. The van der Waals surface area contributed by atoms with E-state index < -0.39 is 17.4 Å². The maximum atomic E-state index is 13.1. The number of alkyl halides is 3. The molecule has 1 aliphatic rings. The molecule has 4 aromatic rings. The summed E-state index contributed by atoms with van der Waals surface area (Å²) < 4.78 is 47.1. The minimum atomic E-state index is -4.42. The summed E-state index contributed by atoms with van der Waals surface area (Å²) >= 11 is 0. The van der Waals surface area contributed by atoms with Gasteiger partial charge in [-0.05, 0) is 43.2 Å². The Morgan fingerprint density at radius 2 is 1.71 bits per heavy atom. The van der Waals surface area contributed by atoms with Crippen molar-refractivity contribution in [3.05, 3.63) is 70.0 Å². The molecule has 1 aliphatic heterocycles. The van der Waals surface area contributed by atoms with Crippen LogP contribution in [0.4, 0.5) is 13.2 Å². The molecule has 178 valence electrons. The highest BCUT2D eigenvalue weighted by Crippen LogP contribution is 2.29. The molecule has 0 bridgehead atoms. The van der Waals surface area contributed by atoms with Crippen molar-refractivity contribution in [3.8, 4) is 0 Å². The summed E-state index contributed by atoms with van der Waals surface area (Å²) in [6.07, 6.45) is -1.13. The highest BCUT2D eigenvalue weighted by Gasteiger charge is 2.30. The molecule has 8 nitrogen and oxygen atoms in total. The molecule has 11 heteroatoms. The van der Waals surface area contributed by atoms with Gasteiger partial charge in [-0.25, -0.2) is 14.8 Å². The Bertz CT molecular complexity index is 1390. The Hall–Kier alpha value is -3.31. The van der Waals surface area contributed by atoms with E-state index >= 15 is 0 Å². The van der Waals surface area contributed by atoms with Gasteiger partial charge < -0.3 is 4.74 Å². The summed E-state index contributed by atoms with van der Waals surface area (Å²) in [6.45, 7) is 6.40. The highest BCUT2D eigenvalue weighted by molar-refractivity contribution is 5.89. The van der Waals surface area contributed by atoms with Gasteiger partial charge in [-0.15, -0.1) is 0 Å². The van der Waals surface area contributed by atoms with Gasteiger partial charge in [0.15, 0.2) is 5.65 Å². The fourth-order valence-corrected chi connectivity index (χ4v) is 4.53. The molecule has 0 radical (unpaired) electrons. The lowest BCUT2D eigenvalue weighted by Crippen LogP contribution is -2.44. The van der Waals surface area contributed by atoms with Gasteiger partial charge >= 0.3 is 11.9 Å². The van der Waals surface area contributed by atoms with E-state index in [4.69, 9.17) is 4.74 Å². The zero-order valence-corrected chi connectivity index (χ0v) is 18.7. The van der Waals surface area contributed by atoms with Crippen molar-refractivity contribution in [2.45, 2.75) is 45.3 Å². The normalized spacial score (nSPS) is 19.8. The first-order chi connectivity index (χ1) is 16.2. The van der Waals surface area contributed by atoms with Crippen LogP contribution in [0.1, 0.15) is 30.5 Å². The third-order valence-corrected chi connectivity index (χ3v) is 5.90. The SMILES string of the molecule is C[C@@H]1CN(Cc2cnc3c(c2)c2ncnn2c(=O)n3Cc2ccc(C(F)(F)F)cc2)C[C@H](C)O1. The Balaban J connectivity index is 1.53. The van der Waals surface area contributed by atoms with Gasteiger partial charge in [0.25, 0.3) is 0 Å². The Kier molecular flexibility index (Phi) is 5.61. The Labute approximate surface area is 192 Å². The van der Waals surface area contributed by atoms with Crippen LogP contribution >= 0.6 is 0 Å². The number of rotatable bonds is 4. The smallest absolute Gasteiger partial charge is 0.373 e. The van der Waals surface area contributed by atoms with E-state index in [9.17, 15) is 18.0 Å². The molecule has 0 N–H and O–H groups in total. The van der Waals surface area contributed by atoms with Crippen LogP contribution in [0.2, 0.25) is 0 Å². The minimum Gasteiger partial charge on any atom is -0.373 e. The number of morpholine rings is 1. The number of halogens is 3. The van der Waals surface area contributed by atoms with E-state index in [0.29, 0.717) is 28.8 Å². The van der Waals surface area contributed by atoms with E-state index in [1.54, 1.807) is 6.20 Å². The first-order valence-electron chi connectivity index (χ1n) is 10.9. The topological polar surface area (TPSA) is 77.6 Å². The molecule has 0 amide bonds. The third kappa shape index (κ3) is 4.28. The highest BCUT2D eigenvalue weighted by atomic mass is 19.4. The van der Waals surface area contributed by atoms with Crippen LogP contribution in [0.15, 0.2) is 47.7 Å². The van der Waals surface area contributed by atoms with Gasteiger partial charge in [-0.1, -0.05) is 12.1 Å². The fraction of sp³-hybridized carbons (Fsp3) is 0.391. The first-order valence-corrected chi connectivity index (χ1v) is 10.9. The monoisotopic (exact) mass is 472 g/mol. The lowest BCUT2D eigenvalue weighted by atomic mass is 10.1. The summed E-state index contributed by atoms with van der Waals surface area (Å²) in [4.78, 5) is 24.2. The quantitative estimate of drug-likeness (QED) is 0.454. The van der Waals surface area contributed by atoms with Crippen LogP contribution in [0.25, 0.3) is 16.7 Å². The molecular formula is C23H23F3N6O2. The maximum absolute atomic E-state index is 13.1. The first kappa shape index (κ1) is 22.5. The maximum Gasteiger partial charge on any atom is 0.416 e. The summed E-state index contributed by atoms with van der Waals surface area (Å²) in [7, 11) is 0. The molecular weight excluding hydrogens is 449 g/mol. The predicted molar refractivity (Wildman–Crippen MR) is 118 cm³/mol. The molecule has 3 aromatic heterocycles. The summed E-state index contributed by atoms with van der Waals surface area (Å²) in [5.74, 6) is 0. The molecule has 0 spiro atoms. The van der Waals surface area contributed by atoms with Crippen molar-refractivity contribution in [2.75, 3.05) is 13.1 Å². The van der Waals surface area contributed by atoms with Gasteiger partial charge in [-0.2, -0.15) is 22.8 Å². The molecule has 0 aliphatic carbocycles. The second-order valence-electron chi connectivity index (χ2n) is 8.72. The van der Waals surface area contributed by atoms with Crippen molar-refractivity contribution in [1.29, 1.82) is 0 Å². The average Bonchev–Trinajstić information content (AvgIpc) is 3.26. The number of hydrogen-bond donors (Lipinski definition) is 0. The second-order valence-corrected chi connectivity index (χ2v) is 8.72. The lowest BCUT2D eigenvalue weighted by molar-refractivity contribution is -0.137. The lowest BCUT2D eigenvalue weighted by Gasteiger charge is -2.35. The van der Waals surface area contributed by atoms with E-state index in [0.717, 1.165) is 30.8 Å². The minimum absolute atomic E-state index is 0.0497. The molecule has 34 heavy (non-hydrogen) atoms. The van der Waals surface area contributed by atoms with E-state index in [1.165, 1.54) is 27.5 Å². The van der Waals surface area contributed by atoms with Crippen molar-refractivity contribution in [1.82, 2.24) is 29.0 Å². The predicted octanol–water partition coefficient (Wildman–Crippen LogP) is 3.12. The third-order valence-electron chi connectivity index (χ3n) is 5.90. The fourth-order valence-electron chi connectivity index (χ4n) is 4.53. The molecule has 1 saturated heterocycles. The zero-order chi connectivity index (χ0) is 24.0. The van der Waals surface area contributed by atoms with E-state index in [-0.39, 0.29) is 18.8 Å². The number of benzene rings is 1. The second kappa shape index (κ2) is 8.48. The van der Waals surface area contributed by atoms with Crippen molar-refractivity contribution >= 4 is 16.7 Å². The van der Waals surface area contributed by atoms with Crippen LogP contribution in [-0.2, 0) is 24.0 Å². The Morgan fingerprint density at radius 3 is 2.38 bits per heavy atom. The van der Waals surface area contributed by atoms with E-state index in [1.807, 2.05) is 19.9 Å². The van der Waals surface area contributed by atoms with Crippen LogP contribution in [0, 0.1) is 0 Å². The molecule has 1 aromatic carbocycles. The van der Waals surface area contributed by atoms with Gasteiger partial charge in [0.05, 0.1) is 29.7 Å². The summed E-state index contributed by atoms with van der Waals surface area (Å²) in [5, 5.41) is 4.70. The summed E-state index contributed by atoms with van der Waals surface area (Å²) in [5.41, 5.74) is 1.08. The van der Waals surface area contributed by atoms with Gasteiger partial charge in [0.1, 0.15) is 12.0 Å². The Morgan fingerprint density at radius 1 is 1.00 bits per heavy atom. The number of fused-ring (bicyclic) bond motifs is 3. The largest absolute Gasteiger partial charge is 0.416 e. The number of aromatic nitrogens is 5. The van der Waals surface area contributed by atoms with Crippen LogP contribution < -0.4 is 5.69 Å². The van der Waals surface area contributed by atoms with Crippen LogP contribution in [0.5, 0.6) is 0 Å². The summed E-state index contributed by atoms with van der Waals surface area (Å²) in [6, 6.07) is 6.68. The average molecular weight is 472 g/mol.